The van der Waals surface area contributed by atoms with Gasteiger partial charge in [-0.1, -0.05) is 6.07 Å². The van der Waals surface area contributed by atoms with Crippen LogP contribution in [0.3, 0.4) is 0 Å². The highest BCUT2D eigenvalue weighted by atomic mass is 16.6. The lowest BCUT2D eigenvalue weighted by Gasteiger charge is -2.23. The van der Waals surface area contributed by atoms with Crippen LogP contribution in [0, 0.1) is 0 Å². The fourth-order valence-corrected chi connectivity index (χ4v) is 2.67. The highest BCUT2D eigenvalue weighted by molar-refractivity contribution is 5.44. The Hall–Kier alpha value is -1.30. The zero-order valence-electron chi connectivity index (χ0n) is 10.9. The topological polar surface area (TPSA) is 65.7 Å². The predicted octanol–water partition coefficient (Wildman–Crippen LogP) is 1.53. The maximum atomic E-state index is 5.68. The van der Waals surface area contributed by atoms with E-state index in [1.165, 1.54) is 0 Å². The summed E-state index contributed by atoms with van der Waals surface area (Å²) in [5.74, 6) is 7.29. The minimum atomic E-state index is 0.0823. The Morgan fingerprint density at radius 1 is 1.21 bits per heavy atom. The molecule has 5 nitrogen and oxygen atoms in total. The van der Waals surface area contributed by atoms with E-state index in [4.69, 9.17) is 20.1 Å². The third-order valence-electron chi connectivity index (χ3n) is 3.69. The fourth-order valence-electron chi connectivity index (χ4n) is 2.67. The third-order valence-corrected chi connectivity index (χ3v) is 3.69. The summed E-state index contributed by atoms with van der Waals surface area (Å²) in [7, 11) is 0. The Bertz CT molecular complexity index is 433. The van der Waals surface area contributed by atoms with Gasteiger partial charge in [-0.05, 0) is 37.0 Å². The Morgan fingerprint density at radius 2 is 2.05 bits per heavy atom. The number of hydrogen-bond donors (Lipinski definition) is 2. The summed E-state index contributed by atoms with van der Waals surface area (Å²) in [5, 5.41) is 0. The number of ether oxygens (including phenoxy) is 3. The maximum absolute atomic E-state index is 5.68. The molecule has 2 atom stereocenters. The first kappa shape index (κ1) is 12.7. The van der Waals surface area contributed by atoms with Gasteiger partial charge in [0, 0.05) is 12.6 Å². The van der Waals surface area contributed by atoms with Crippen molar-refractivity contribution in [2.45, 2.75) is 31.4 Å². The van der Waals surface area contributed by atoms with Crippen molar-refractivity contribution in [3.05, 3.63) is 23.8 Å². The van der Waals surface area contributed by atoms with Gasteiger partial charge >= 0.3 is 0 Å². The molecule has 5 heteroatoms. The van der Waals surface area contributed by atoms with Crippen molar-refractivity contribution in [1.29, 1.82) is 0 Å². The van der Waals surface area contributed by atoms with Crippen LogP contribution < -0.4 is 20.7 Å². The number of hydrazine groups is 1. The molecule has 0 bridgehead atoms. The predicted molar refractivity (Wildman–Crippen MR) is 71.1 cm³/mol. The van der Waals surface area contributed by atoms with Crippen LogP contribution in [0.4, 0.5) is 0 Å². The van der Waals surface area contributed by atoms with E-state index in [1.807, 2.05) is 18.2 Å². The second kappa shape index (κ2) is 5.77. The normalized spacial score (nSPS) is 23.3. The van der Waals surface area contributed by atoms with E-state index >= 15 is 0 Å². The van der Waals surface area contributed by atoms with E-state index in [1.54, 1.807) is 0 Å². The summed E-state index contributed by atoms with van der Waals surface area (Å²) in [6.45, 7) is 2.08. The molecule has 3 rings (SSSR count). The van der Waals surface area contributed by atoms with E-state index in [0.29, 0.717) is 19.3 Å². The van der Waals surface area contributed by atoms with Crippen molar-refractivity contribution < 1.29 is 14.2 Å². The molecule has 2 heterocycles. The van der Waals surface area contributed by atoms with Gasteiger partial charge in [0.05, 0.1) is 6.10 Å². The molecule has 104 valence electrons. The standard InChI is InChI=1S/C14H20N2O3/c15-16-12(9-11-2-1-5-17-11)10-3-4-13-14(8-10)19-7-6-18-13/h3-4,8,11-12,16H,1-2,5-7,9,15H2. The molecule has 1 saturated heterocycles. The van der Waals surface area contributed by atoms with Crippen LogP contribution in [0.25, 0.3) is 0 Å². The van der Waals surface area contributed by atoms with Crippen LogP contribution >= 0.6 is 0 Å². The average molecular weight is 264 g/mol. The van der Waals surface area contributed by atoms with Gasteiger partial charge in [0.1, 0.15) is 13.2 Å². The molecular formula is C14H20N2O3. The first-order valence-corrected chi connectivity index (χ1v) is 6.84. The molecule has 1 fully saturated rings. The first-order chi connectivity index (χ1) is 9.36. The molecule has 1 aromatic carbocycles. The molecule has 1 aromatic rings. The Kier molecular flexibility index (Phi) is 3.87. The van der Waals surface area contributed by atoms with Gasteiger partial charge < -0.3 is 14.2 Å². The molecule has 0 spiro atoms. The van der Waals surface area contributed by atoms with E-state index < -0.39 is 0 Å². The van der Waals surface area contributed by atoms with Crippen LogP contribution in [-0.2, 0) is 4.74 Å². The summed E-state index contributed by atoms with van der Waals surface area (Å²) in [5.41, 5.74) is 3.99. The van der Waals surface area contributed by atoms with Crippen LogP contribution in [0.5, 0.6) is 11.5 Å². The molecule has 0 aromatic heterocycles. The SMILES string of the molecule is NNC(CC1CCCO1)c1ccc2c(c1)OCCO2. The van der Waals surface area contributed by atoms with E-state index in [9.17, 15) is 0 Å². The van der Waals surface area contributed by atoms with Gasteiger partial charge in [0.25, 0.3) is 0 Å². The average Bonchev–Trinajstić information content (AvgIpc) is 2.97. The zero-order valence-corrected chi connectivity index (χ0v) is 10.9. The molecule has 19 heavy (non-hydrogen) atoms. The minimum Gasteiger partial charge on any atom is -0.486 e. The molecule has 0 radical (unpaired) electrons. The summed E-state index contributed by atoms with van der Waals surface area (Å²) >= 11 is 0. The van der Waals surface area contributed by atoms with Crippen LogP contribution in [-0.4, -0.2) is 25.9 Å². The summed E-state index contributed by atoms with van der Waals surface area (Å²) in [4.78, 5) is 0. The number of hydrogen-bond acceptors (Lipinski definition) is 5. The number of nitrogens with two attached hydrogens (primary N) is 1. The minimum absolute atomic E-state index is 0.0823. The van der Waals surface area contributed by atoms with E-state index in [0.717, 1.165) is 42.9 Å². The first-order valence-electron chi connectivity index (χ1n) is 6.84. The summed E-state index contributed by atoms with van der Waals surface area (Å²) in [6, 6.07) is 6.07. The number of rotatable bonds is 4. The van der Waals surface area contributed by atoms with Gasteiger partial charge in [-0.2, -0.15) is 0 Å². The van der Waals surface area contributed by atoms with E-state index in [2.05, 4.69) is 5.43 Å². The van der Waals surface area contributed by atoms with E-state index in [-0.39, 0.29) is 6.04 Å². The van der Waals surface area contributed by atoms with Crippen LogP contribution in [0.2, 0.25) is 0 Å². The molecule has 0 amide bonds. The lowest BCUT2D eigenvalue weighted by Crippen LogP contribution is -2.31. The third kappa shape index (κ3) is 2.83. The van der Waals surface area contributed by atoms with Crippen molar-refractivity contribution in [3.8, 4) is 11.5 Å². The van der Waals surface area contributed by atoms with Gasteiger partial charge in [0.15, 0.2) is 11.5 Å². The highest BCUT2D eigenvalue weighted by Gasteiger charge is 2.22. The number of benzene rings is 1. The smallest absolute Gasteiger partial charge is 0.161 e. The fraction of sp³-hybridized carbons (Fsp3) is 0.571. The molecule has 2 aliphatic rings. The Labute approximate surface area is 113 Å². The zero-order chi connectivity index (χ0) is 13.1. The van der Waals surface area contributed by atoms with Gasteiger partial charge in [-0.3, -0.25) is 11.3 Å². The quantitative estimate of drug-likeness (QED) is 0.638. The van der Waals surface area contributed by atoms with Crippen LogP contribution in [0.1, 0.15) is 30.9 Å². The highest BCUT2D eigenvalue weighted by Crippen LogP contribution is 2.34. The molecule has 2 unspecified atom stereocenters. The Morgan fingerprint density at radius 3 is 2.79 bits per heavy atom. The molecule has 2 aliphatic heterocycles. The Balaban J connectivity index is 1.74. The van der Waals surface area contributed by atoms with Crippen LogP contribution in [0.15, 0.2) is 18.2 Å². The van der Waals surface area contributed by atoms with Crippen molar-refractivity contribution in [2.24, 2.45) is 5.84 Å². The van der Waals surface area contributed by atoms with Gasteiger partial charge in [-0.25, -0.2) is 0 Å². The van der Waals surface area contributed by atoms with Crippen molar-refractivity contribution >= 4 is 0 Å². The monoisotopic (exact) mass is 264 g/mol. The largest absolute Gasteiger partial charge is 0.486 e. The van der Waals surface area contributed by atoms with Crippen molar-refractivity contribution in [2.75, 3.05) is 19.8 Å². The molecular weight excluding hydrogens is 244 g/mol. The second-order valence-corrected chi connectivity index (χ2v) is 4.99. The molecule has 0 saturated carbocycles. The van der Waals surface area contributed by atoms with Crippen molar-refractivity contribution in [3.63, 3.8) is 0 Å². The number of nitrogens with one attached hydrogen (secondary N) is 1. The van der Waals surface area contributed by atoms with Gasteiger partial charge in [0.2, 0.25) is 0 Å². The lowest BCUT2D eigenvalue weighted by atomic mass is 9.99. The van der Waals surface area contributed by atoms with Crippen molar-refractivity contribution in [1.82, 2.24) is 5.43 Å². The second-order valence-electron chi connectivity index (χ2n) is 4.99. The molecule has 3 N–H and O–H groups in total. The number of fused-ring (bicyclic) bond motifs is 1. The molecule has 0 aliphatic carbocycles. The maximum Gasteiger partial charge on any atom is 0.161 e. The lowest BCUT2D eigenvalue weighted by molar-refractivity contribution is 0.0945. The summed E-state index contributed by atoms with van der Waals surface area (Å²) < 4.78 is 16.8. The van der Waals surface area contributed by atoms with Gasteiger partial charge in [-0.15, -0.1) is 0 Å². The summed E-state index contributed by atoms with van der Waals surface area (Å²) in [6.07, 6.45) is 3.44.